The summed E-state index contributed by atoms with van der Waals surface area (Å²) in [4.78, 5) is 101. The molecule has 3 aromatic carbocycles. The minimum atomic E-state index is -1.60. The Hall–Kier alpha value is -7.52. The second-order valence-electron chi connectivity index (χ2n) is 16.0. The molecule has 67 heavy (non-hydrogen) atoms. The number of aliphatic imine (C=N–C) groups is 1. The van der Waals surface area contributed by atoms with Crippen LogP contribution in [0, 0.1) is 0 Å². The van der Waals surface area contributed by atoms with Gasteiger partial charge < -0.3 is 69.8 Å². The third-order valence-electron chi connectivity index (χ3n) is 10.8. The highest BCUT2D eigenvalue weighted by atomic mass is 16.4. The van der Waals surface area contributed by atoms with Crippen LogP contribution in [-0.4, -0.2) is 117 Å². The van der Waals surface area contributed by atoms with E-state index in [1.54, 1.807) is 42.6 Å². The van der Waals surface area contributed by atoms with E-state index in [0.29, 0.717) is 42.5 Å². The number of amides is 5. The largest absolute Gasteiger partial charge is 0.508 e. The fraction of sp³-hybridized carbons (Fsp3) is 0.391. The summed E-state index contributed by atoms with van der Waals surface area (Å²) in [5.41, 5.74) is 25.2. The Labute approximate surface area is 386 Å². The van der Waals surface area contributed by atoms with E-state index >= 15 is 0 Å². The number of aromatic nitrogens is 1. The lowest BCUT2D eigenvalue weighted by Gasteiger charge is -2.27. The molecule has 1 aromatic heterocycles. The lowest BCUT2D eigenvalue weighted by Crippen LogP contribution is -2.60. The maximum atomic E-state index is 14.7. The third-order valence-corrected chi connectivity index (χ3v) is 10.8. The monoisotopic (exact) mass is 927 g/mol. The first-order valence-electron chi connectivity index (χ1n) is 21.9. The Balaban J connectivity index is 1.69. The maximum absolute atomic E-state index is 14.7. The number of carboxylic acid groups (broad SMARTS) is 2. The minimum absolute atomic E-state index is 0.0427. The number of H-pyrrole nitrogens is 1. The lowest BCUT2D eigenvalue weighted by molar-refractivity contribution is -0.143. The molecule has 0 unspecified atom stereocenters. The van der Waals surface area contributed by atoms with Gasteiger partial charge in [-0.05, 0) is 73.5 Å². The predicted molar refractivity (Wildman–Crippen MR) is 249 cm³/mol. The number of rotatable bonds is 28. The number of aromatic amines is 1. The van der Waals surface area contributed by atoms with Crippen molar-refractivity contribution in [3.63, 3.8) is 0 Å². The second-order valence-corrected chi connectivity index (χ2v) is 16.0. The smallest absolute Gasteiger partial charge is 0.326 e. The molecule has 0 radical (unpaired) electrons. The summed E-state index contributed by atoms with van der Waals surface area (Å²) in [6.45, 7) is 0.537. The number of fused-ring (bicyclic) bond motifs is 1. The van der Waals surface area contributed by atoms with Gasteiger partial charge in [0, 0.05) is 49.3 Å². The van der Waals surface area contributed by atoms with Crippen molar-refractivity contribution in [3.8, 4) is 5.75 Å². The highest BCUT2D eigenvalue weighted by Crippen LogP contribution is 2.20. The molecule has 0 bridgehead atoms. The molecule has 17 N–H and O–H groups in total. The minimum Gasteiger partial charge on any atom is -0.508 e. The molecule has 0 aliphatic carbocycles. The molecule has 21 nitrogen and oxygen atoms in total. The summed E-state index contributed by atoms with van der Waals surface area (Å²) >= 11 is 0. The number of nitrogens with two attached hydrogens (primary N) is 4. The predicted octanol–water partition coefficient (Wildman–Crippen LogP) is -0.215. The van der Waals surface area contributed by atoms with Gasteiger partial charge in [0.05, 0.1) is 6.04 Å². The molecule has 0 aliphatic rings. The molecule has 0 saturated heterocycles. The first-order valence-corrected chi connectivity index (χ1v) is 21.9. The highest BCUT2D eigenvalue weighted by molar-refractivity contribution is 5.97. The zero-order valence-corrected chi connectivity index (χ0v) is 37.0. The number of para-hydroxylation sites is 1. The van der Waals surface area contributed by atoms with E-state index in [0.717, 1.165) is 10.9 Å². The lowest BCUT2D eigenvalue weighted by atomic mass is 10.00. The van der Waals surface area contributed by atoms with E-state index < -0.39 is 90.6 Å². The van der Waals surface area contributed by atoms with Gasteiger partial charge in [-0.2, -0.15) is 0 Å². The van der Waals surface area contributed by atoms with Crippen LogP contribution in [-0.2, 0) is 52.8 Å². The summed E-state index contributed by atoms with van der Waals surface area (Å²) in [5, 5.41) is 42.9. The Morgan fingerprint density at radius 3 is 1.72 bits per heavy atom. The first kappa shape index (κ1) is 52.1. The zero-order valence-electron chi connectivity index (χ0n) is 37.0. The molecule has 21 heteroatoms. The Morgan fingerprint density at radius 1 is 0.597 bits per heavy atom. The average molecular weight is 928 g/mol. The standard InChI is InChI=1S/C46H61N11O10/c47-21-7-6-12-32(48)40(61)53-34(14-8-22-51-46(49)50)41(62)57-38(25-29-26-52-33-13-5-4-11-31(29)33)44(65)56-37(24-28-15-17-30(58)18-16-28)43(64)55-36(23-27-9-2-1-3-10-27)42(63)54-35(45(66)67)19-20-39(59)60/h1-5,9-11,13,15-18,26,32,34-38,52,58H,6-8,12,14,19-25,47-48H2,(H,53,61)(H,54,63)(H,55,64)(H,56,65)(H,57,62)(H,59,60)(H,66,67)(H4,49,50,51)/t32-,34-,35-,36-,37-,38-/m0/s1. The van der Waals surface area contributed by atoms with Gasteiger partial charge in [-0.3, -0.25) is 33.8 Å². The summed E-state index contributed by atoms with van der Waals surface area (Å²) in [6, 6.07) is 13.6. The van der Waals surface area contributed by atoms with Crippen molar-refractivity contribution in [3.05, 3.63) is 102 Å². The van der Waals surface area contributed by atoms with E-state index in [-0.39, 0.29) is 50.4 Å². The van der Waals surface area contributed by atoms with Crippen LogP contribution < -0.4 is 49.5 Å². The molecule has 4 rings (SSSR count). The number of carboxylic acids is 2. The van der Waals surface area contributed by atoms with Gasteiger partial charge in [0.2, 0.25) is 29.5 Å². The molecule has 360 valence electrons. The number of aromatic hydroxyl groups is 1. The van der Waals surface area contributed by atoms with Crippen LogP contribution in [0.15, 0.2) is 90.1 Å². The molecule has 5 amide bonds. The number of phenolic OH excluding ortho intramolecular Hbond substituents is 1. The molecule has 4 aromatic rings. The number of nitrogens with zero attached hydrogens (tertiary/aromatic N) is 1. The van der Waals surface area contributed by atoms with E-state index in [4.69, 9.17) is 22.9 Å². The average Bonchev–Trinajstić information content (AvgIpc) is 3.71. The van der Waals surface area contributed by atoms with Crippen molar-refractivity contribution in [2.24, 2.45) is 27.9 Å². The van der Waals surface area contributed by atoms with E-state index in [9.17, 15) is 48.9 Å². The number of phenols is 1. The van der Waals surface area contributed by atoms with Gasteiger partial charge in [0.1, 0.15) is 36.0 Å². The number of carbonyl (C=O) groups is 7. The zero-order chi connectivity index (χ0) is 48.9. The quantitative estimate of drug-likeness (QED) is 0.0199. The number of guanidine groups is 1. The van der Waals surface area contributed by atoms with E-state index in [2.05, 4.69) is 36.6 Å². The number of hydrogen-bond acceptors (Lipinski definition) is 11. The summed E-state index contributed by atoms with van der Waals surface area (Å²) in [7, 11) is 0. The van der Waals surface area contributed by atoms with Crippen molar-refractivity contribution in [1.82, 2.24) is 31.6 Å². The number of unbranched alkanes of at least 4 members (excludes halogenated alkanes) is 1. The van der Waals surface area contributed by atoms with E-state index in [1.165, 1.54) is 24.3 Å². The van der Waals surface area contributed by atoms with Crippen LogP contribution in [0.2, 0.25) is 0 Å². The van der Waals surface area contributed by atoms with Crippen molar-refractivity contribution in [2.75, 3.05) is 13.1 Å². The first-order chi connectivity index (χ1) is 32.0. The number of aliphatic carboxylic acids is 2. The van der Waals surface area contributed by atoms with Gasteiger partial charge in [0.25, 0.3) is 0 Å². The Morgan fingerprint density at radius 2 is 1.13 bits per heavy atom. The van der Waals surface area contributed by atoms with Gasteiger partial charge >= 0.3 is 11.9 Å². The molecular formula is C46H61N11O10. The normalized spacial score (nSPS) is 13.7. The van der Waals surface area contributed by atoms with Gasteiger partial charge in [-0.15, -0.1) is 0 Å². The number of hydrogen-bond donors (Lipinski definition) is 13. The van der Waals surface area contributed by atoms with Crippen molar-refractivity contribution in [1.29, 1.82) is 0 Å². The molecule has 0 aliphatic heterocycles. The van der Waals surface area contributed by atoms with Crippen molar-refractivity contribution in [2.45, 2.75) is 100 Å². The third kappa shape index (κ3) is 17.4. The van der Waals surface area contributed by atoms with Crippen molar-refractivity contribution >= 4 is 58.3 Å². The molecular weight excluding hydrogens is 867 g/mol. The Bertz CT molecular complexity index is 2320. The number of nitrogens with one attached hydrogen (secondary N) is 6. The van der Waals surface area contributed by atoms with Crippen LogP contribution in [0.25, 0.3) is 10.9 Å². The highest BCUT2D eigenvalue weighted by Gasteiger charge is 2.34. The van der Waals surface area contributed by atoms with Crippen LogP contribution in [0.4, 0.5) is 0 Å². The van der Waals surface area contributed by atoms with Gasteiger partial charge in [-0.1, -0.05) is 67.1 Å². The molecule has 6 atom stereocenters. The van der Waals surface area contributed by atoms with Crippen LogP contribution >= 0.6 is 0 Å². The van der Waals surface area contributed by atoms with Crippen LogP contribution in [0.1, 0.15) is 61.6 Å². The molecule has 0 spiro atoms. The maximum Gasteiger partial charge on any atom is 0.326 e. The van der Waals surface area contributed by atoms with Gasteiger partial charge in [-0.25, -0.2) is 4.79 Å². The number of benzene rings is 3. The fourth-order valence-electron chi connectivity index (χ4n) is 7.17. The van der Waals surface area contributed by atoms with E-state index in [1.807, 2.05) is 18.2 Å². The summed E-state index contributed by atoms with van der Waals surface area (Å²) in [6.07, 6.45) is 2.08. The van der Waals surface area contributed by atoms with Gasteiger partial charge in [0.15, 0.2) is 5.96 Å². The molecule has 1 heterocycles. The van der Waals surface area contributed by atoms with Crippen molar-refractivity contribution < 1.29 is 48.9 Å². The topological polar surface area (TPSA) is 373 Å². The second kappa shape index (κ2) is 26.4. The fourth-order valence-corrected chi connectivity index (χ4v) is 7.17. The summed E-state index contributed by atoms with van der Waals surface area (Å²) in [5.74, 6) is -6.98. The Kier molecular flexibility index (Phi) is 20.6. The summed E-state index contributed by atoms with van der Waals surface area (Å²) < 4.78 is 0. The SMILES string of the molecule is NCCCC[C@H](N)C(=O)N[C@@H](CCCN=C(N)N)C(=O)N[C@@H](Cc1c[nH]c2ccccc12)C(=O)N[C@@H](Cc1ccc(O)cc1)C(=O)N[C@@H](Cc1ccccc1)C(=O)N[C@@H](CCC(=O)O)C(=O)O. The molecule has 0 saturated carbocycles. The molecule has 0 fully saturated rings. The van der Waals surface area contributed by atoms with Crippen LogP contribution in [0.5, 0.6) is 5.75 Å². The van der Waals surface area contributed by atoms with Crippen LogP contribution in [0.3, 0.4) is 0 Å². The number of carbonyl (C=O) groups excluding carboxylic acids is 5.